The van der Waals surface area contributed by atoms with Crippen molar-refractivity contribution in [2.75, 3.05) is 7.11 Å². The van der Waals surface area contributed by atoms with E-state index in [4.69, 9.17) is 16.3 Å². The normalized spacial score (nSPS) is 26.7. The van der Waals surface area contributed by atoms with Crippen LogP contribution in [-0.2, 0) is 9.53 Å². The summed E-state index contributed by atoms with van der Waals surface area (Å²) in [5, 5.41) is 2.71. The minimum atomic E-state index is -0.146. The summed E-state index contributed by atoms with van der Waals surface area (Å²) < 4.78 is 4.80. The molecule has 2 nitrogen and oxygen atoms in total. The Kier molecular flexibility index (Phi) is 3.32. The summed E-state index contributed by atoms with van der Waals surface area (Å²) in [6, 6.07) is 3.94. The molecule has 2 rings (SSSR count). The van der Waals surface area contributed by atoms with Crippen LogP contribution in [0.15, 0.2) is 23.6 Å². The molecule has 0 aromatic carbocycles. The van der Waals surface area contributed by atoms with E-state index >= 15 is 0 Å². The van der Waals surface area contributed by atoms with E-state index in [0.29, 0.717) is 0 Å². The average molecular weight is 271 g/mol. The van der Waals surface area contributed by atoms with Crippen LogP contribution in [0.25, 0.3) is 5.03 Å². The van der Waals surface area contributed by atoms with Crippen LogP contribution in [0.5, 0.6) is 0 Å². The predicted molar refractivity (Wildman–Crippen MR) is 70.9 cm³/mol. The van der Waals surface area contributed by atoms with Crippen LogP contribution in [0, 0.1) is 17.3 Å². The number of ether oxygens (including phenoxy) is 1. The van der Waals surface area contributed by atoms with E-state index in [0.717, 1.165) is 9.91 Å². The number of thiophene rings is 1. The summed E-state index contributed by atoms with van der Waals surface area (Å²) in [6.07, 6.45) is 1.98. The minimum absolute atomic E-state index is 0.0511. The van der Waals surface area contributed by atoms with Gasteiger partial charge in [-0.05, 0) is 22.8 Å². The zero-order valence-corrected chi connectivity index (χ0v) is 11.6. The van der Waals surface area contributed by atoms with E-state index in [9.17, 15) is 4.79 Å². The molecule has 1 aromatic rings. The minimum Gasteiger partial charge on any atom is -0.469 e. The van der Waals surface area contributed by atoms with Crippen molar-refractivity contribution in [3.8, 4) is 0 Å². The molecule has 4 heteroatoms. The van der Waals surface area contributed by atoms with Crippen molar-refractivity contribution in [2.45, 2.75) is 13.8 Å². The van der Waals surface area contributed by atoms with Gasteiger partial charge in [-0.1, -0.05) is 37.6 Å². The van der Waals surface area contributed by atoms with Gasteiger partial charge in [0.2, 0.25) is 0 Å². The third-order valence-electron chi connectivity index (χ3n) is 3.45. The number of methoxy groups -OCH3 is 1. The Morgan fingerprint density at radius 3 is 2.82 bits per heavy atom. The second-order valence-corrected chi connectivity index (χ2v) is 6.19. The molecule has 0 radical (unpaired) electrons. The van der Waals surface area contributed by atoms with Gasteiger partial charge in [0.15, 0.2) is 0 Å². The molecule has 0 aliphatic heterocycles. The maximum Gasteiger partial charge on any atom is 0.309 e. The lowest BCUT2D eigenvalue weighted by Crippen LogP contribution is -2.07. The fourth-order valence-corrected chi connectivity index (χ4v) is 3.19. The number of carbonyl (C=O) groups excluding carboxylic acids is 1. The van der Waals surface area contributed by atoms with Crippen LogP contribution in [0.1, 0.15) is 18.7 Å². The molecular weight excluding hydrogens is 256 g/mol. The molecule has 1 aliphatic carbocycles. The van der Waals surface area contributed by atoms with Crippen molar-refractivity contribution in [3.05, 3.63) is 28.5 Å². The topological polar surface area (TPSA) is 26.3 Å². The van der Waals surface area contributed by atoms with Gasteiger partial charge in [-0.2, -0.15) is 0 Å². The van der Waals surface area contributed by atoms with Crippen LogP contribution >= 0.6 is 22.9 Å². The molecule has 1 fully saturated rings. The lowest BCUT2D eigenvalue weighted by atomic mass is 10.1. The SMILES string of the molecule is COC(=O)[C@H]1[C@@H](/C=C(\Cl)c2cccs2)C1(C)C. The molecule has 1 aliphatic rings. The number of esters is 1. The molecule has 0 unspecified atom stereocenters. The zero-order valence-electron chi connectivity index (χ0n) is 10.1. The summed E-state index contributed by atoms with van der Waals surface area (Å²) in [4.78, 5) is 12.6. The third kappa shape index (κ3) is 2.26. The highest BCUT2D eigenvalue weighted by Gasteiger charge is 2.61. The van der Waals surface area contributed by atoms with Gasteiger partial charge in [0.1, 0.15) is 0 Å². The van der Waals surface area contributed by atoms with E-state index in [-0.39, 0.29) is 23.2 Å². The number of carbonyl (C=O) groups is 1. The maximum atomic E-state index is 11.6. The number of rotatable bonds is 3. The van der Waals surface area contributed by atoms with Gasteiger partial charge < -0.3 is 4.74 Å². The van der Waals surface area contributed by atoms with Crippen molar-refractivity contribution < 1.29 is 9.53 Å². The van der Waals surface area contributed by atoms with Gasteiger partial charge in [-0.3, -0.25) is 4.79 Å². The van der Waals surface area contributed by atoms with E-state index in [1.54, 1.807) is 11.3 Å². The Hall–Kier alpha value is -0.800. The van der Waals surface area contributed by atoms with E-state index in [1.165, 1.54) is 7.11 Å². The van der Waals surface area contributed by atoms with Crippen LogP contribution in [-0.4, -0.2) is 13.1 Å². The Morgan fingerprint density at radius 1 is 1.59 bits per heavy atom. The lowest BCUT2D eigenvalue weighted by Gasteiger charge is -1.99. The van der Waals surface area contributed by atoms with E-state index < -0.39 is 0 Å². The number of hydrogen-bond acceptors (Lipinski definition) is 3. The fraction of sp³-hybridized carbons (Fsp3) is 0.462. The molecular formula is C13H15ClO2S. The van der Waals surface area contributed by atoms with Crippen LogP contribution in [0.4, 0.5) is 0 Å². The highest BCUT2D eigenvalue weighted by atomic mass is 35.5. The summed E-state index contributed by atoms with van der Waals surface area (Å²) >= 11 is 7.84. The number of allylic oxidation sites excluding steroid dienone is 1. The Balaban J connectivity index is 2.16. The van der Waals surface area contributed by atoms with Gasteiger partial charge in [-0.25, -0.2) is 0 Å². The first-order valence-corrected chi connectivity index (χ1v) is 6.73. The Morgan fingerprint density at radius 2 is 2.29 bits per heavy atom. The maximum absolute atomic E-state index is 11.6. The summed E-state index contributed by atoms with van der Waals surface area (Å²) in [6.45, 7) is 4.13. The highest BCUT2D eigenvalue weighted by Crippen LogP contribution is 2.60. The van der Waals surface area contributed by atoms with E-state index in [2.05, 4.69) is 13.8 Å². The van der Waals surface area contributed by atoms with Crippen LogP contribution in [0.3, 0.4) is 0 Å². The van der Waals surface area contributed by atoms with Gasteiger partial charge in [0, 0.05) is 4.88 Å². The van der Waals surface area contributed by atoms with Crippen molar-refractivity contribution in [2.24, 2.45) is 17.3 Å². The third-order valence-corrected chi connectivity index (χ3v) is 4.79. The summed E-state index contributed by atoms with van der Waals surface area (Å²) in [5.74, 6) is -0.0438. The molecule has 92 valence electrons. The number of halogens is 1. The zero-order chi connectivity index (χ0) is 12.6. The second kappa shape index (κ2) is 4.46. The standard InChI is InChI=1S/C13H15ClO2S/c1-13(2)8(11(13)12(15)16-3)7-9(14)10-5-4-6-17-10/h4-8,11H,1-3H3/b9-7-/t8-,11-/m1/s1. The lowest BCUT2D eigenvalue weighted by molar-refractivity contribution is -0.143. The first kappa shape index (κ1) is 12.7. The summed E-state index contributed by atoms with van der Waals surface area (Å²) in [7, 11) is 1.43. The molecule has 17 heavy (non-hydrogen) atoms. The van der Waals surface area contributed by atoms with E-state index in [1.807, 2.05) is 23.6 Å². The molecule has 2 atom stereocenters. The molecule has 0 N–H and O–H groups in total. The van der Waals surface area contributed by atoms with Crippen molar-refractivity contribution in [3.63, 3.8) is 0 Å². The smallest absolute Gasteiger partial charge is 0.309 e. The summed E-state index contributed by atoms with van der Waals surface area (Å²) in [5.41, 5.74) is -0.0511. The molecule has 1 aromatic heterocycles. The van der Waals surface area contributed by atoms with Crippen molar-refractivity contribution >= 4 is 33.9 Å². The Labute approximate surface area is 110 Å². The predicted octanol–water partition coefficient (Wildman–Crippen LogP) is 3.77. The molecule has 0 amide bonds. The second-order valence-electron chi connectivity index (χ2n) is 4.84. The monoisotopic (exact) mass is 270 g/mol. The highest BCUT2D eigenvalue weighted by molar-refractivity contribution is 7.12. The van der Waals surface area contributed by atoms with Crippen LogP contribution < -0.4 is 0 Å². The first-order valence-electron chi connectivity index (χ1n) is 5.47. The molecule has 1 heterocycles. The van der Waals surface area contributed by atoms with Gasteiger partial charge >= 0.3 is 5.97 Å². The molecule has 0 bridgehead atoms. The largest absolute Gasteiger partial charge is 0.469 e. The molecule has 1 saturated carbocycles. The van der Waals surface area contributed by atoms with Crippen molar-refractivity contribution in [1.29, 1.82) is 0 Å². The Bertz CT molecular complexity index is 448. The van der Waals surface area contributed by atoms with Crippen molar-refractivity contribution in [1.82, 2.24) is 0 Å². The molecule has 0 spiro atoms. The molecule has 0 saturated heterocycles. The van der Waals surface area contributed by atoms with Crippen LogP contribution in [0.2, 0.25) is 0 Å². The van der Waals surface area contributed by atoms with Gasteiger partial charge in [0.25, 0.3) is 0 Å². The first-order chi connectivity index (χ1) is 7.98. The fourth-order valence-electron chi connectivity index (χ4n) is 2.22. The quantitative estimate of drug-likeness (QED) is 0.782. The average Bonchev–Trinajstić information content (AvgIpc) is 2.75. The number of hydrogen-bond donors (Lipinski definition) is 0. The van der Waals surface area contributed by atoms with Gasteiger partial charge in [-0.15, -0.1) is 11.3 Å². The van der Waals surface area contributed by atoms with Gasteiger partial charge in [0.05, 0.1) is 18.1 Å².